The van der Waals surface area contributed by atoms with Crippen molar-refractivity contribution in [2.45, 2.75) is 11.0 Å². The average molecular weight is 260 g/mol. The summed E-state index contributed by atoms with van der Waals surface area (Å²) in [6.07, 6.45) is 0. The molecule has 0 N–H and O–H groups in total. The number of alkyl halides is 1. The number of ether oxygens (including phenoxy) is 3. The van der Waals surface area contributed by atoms with Crippen LogP contribution in [0.25, 0.3) is 0 Å². The topological polar surface area (TPSA) is 27.7 Å². The Balaban J connectivity index is 2.97. The minimum atomic E-state index is 0.0918. The van der Waals surface area contributed by atoms with Gasteiger partial charge in [-0.2, -0.15) is 0 Å². The average Bonchev–Trinajstić information content (AvgIpc) is 1.89. The van der Waals surface area contributed by atoms with Gasteiger partial charge in [-0.1, -0.05) is 0 Å². The van der Waals surface area contributed by atoms with Crippen molar-refractivity contribution in [1.82, 2.24) is 0 Å². The van der Waals surface area contributed by atoms with Crippen LogP contribution < -0.4 is 0 Å². The molecule has 0 aromatic heterocycles. The van der Waals surface area contributed by atoms with Gasteiger partial charge in [0.2, 0.25) is 0 Å². The summed E-state index contributed by atoms with van der Waals surface area (Å²) in [5.74, 6) is 0. The zero-order valence-electron chi connectivity index (χ0n) is 6.30. The standard InChI is InChI=1S/C6H13IO3/c1-3-9-5-10-6(7)4-8-2/h6H,3-5H2,1-2H3. The van der Waals surface area contributed by atoms with Crippen molar-refractivity contribution in [2.75, 3.05) is 27.1 Å². The number of halogens is 1. The fraction of sp³-hybridized carbons (Fsp3) is 1.00. The summed E-state index contributed by atoms with van der Waals surface area (Å²) in [5, 5.41) is 0. The van der Waals surface area contributed by atoms with E-state index in [-0.39, 0.29) is 4.11 Å². The second-order valence-corrected chi connectivity index (χ2v) is 3.03. The smallest absolute Gasteiger partial charge is 0.148 e. The van der Waals surface area contributed by atoms with Crippen molar-refractivity contribution in [2.24, 2.45) is 0 Å². The maximum atomic E-state index is 5.16. The lowest BCUT2D eigenvalue weighted by Gasteiger charge is -2.09. The van der Waals surface area contributed by atoms with Crippen LogP contribution in [0.5, 0.6) is 0 Å². The molecule has 0 rings (SSSR count). The minimum absolute atomic E-state index is 0.0918. The summed E-state index contributed by atoms with van der Waals surface area (Å²) < 4.78 is 15.1. The summed E-state index contributed by atoms with van der Waals surface area (Å²) in [4.78, 5) is 0. The molecular weight excluding hydrogens is 247 g/mol. The van der Waals surface area contributed by atoms with Crippen molar-refractivity contribution in [3.8, 4) is 0 Å². The fourth-order valence-corrected chi connectivity index (χ4v) is 0.891. The Bertz CT molecular complexity index is 70.0. The van der Waals surface area contributed by atoms with Gasteiger partial charge in [-0.25, -0.2) is 0 Å². The molecule has 0 spiro atoms. The first-order valence-corrected chi connectivity index (χ1v) is 4.38. The number of hydrogen-bond donors (Lipinski definition) is 0. The molecule has 3 nitrogen and oxygen atoms in total. The summed E-state index contributed by atoms with van der Waals surface area (Å²) in [6.45, 7) is 3.58. The monoisotopic (exact) mass is 260 g/mol. The molecule has 0 saturated heterocycles. The highest BCUT2D eigenvalue weighted by Crippen LogP contribution is 2.01. The van der Waals surface area contributed by atoms with Crippen LogP contribution >= 0.6 is 22.6 Å². The Hall–Kier alpha value is 0.610. The molecule has 10 heavy (non-hydrogen) atoms. The maximum absolute atomic E-state index is 5.16. The van der Waals surface area contributed by atoms with Gasteiger partial charge in [0.1, 0.15) is 10.9 Å². The highest BCUT2D eigenvalue weighted by molar-refractivity contribution is 14.1. The van der Waals surface area contributed by atoms with Crippen molar-refractivity contribution in [1.29, 1.82) is 0 Å². The Morgan fingerprint density at radius 1 is 1.50 bits per heavy atom. The van der Waals surface area contributed by atoms with Crippen molar-refractivity contribution >= 4 is 22.6 Å². The third-order valence-corrected chi connectivity index (χ3v) is 1.55. The lowest BCUT2D eigenvalue weighted by molar-refractivity contribution is -0.0686. The molecule has 0 bridgehead atoms. The van der Waals surface area contributed by atoms with Crippen LogP contribution in [0.1, 0.15) is 6.92 Å². The Morgan fingerprint density at radius 3 is 2.70 bits per heavy atom. The Morgan fingerprint density at radius 2 is 2.20 bits per heavy atom. The number of methoxy groups -OCH3 is 1. The molecule has 1 unspecified atom stereocenters. The van der Waals surface area contributed by atoms with Gasteiger partial charge in [-0.05, 0) is 29.5 Å². The Kier molecular flexibility index (Phi) is 8.18. The van der Waals surface area contributed by atoms with Crippen LogP contribution in [0.4, 0.5) is 0 Å². The third-order valence-electron chi connectivity index (χ3n) is 0.834. The van der Waals surface area contributed by atoms with Crippen molar-refractivity contribution in [3.05, 3.63) is 0 Å². The van der Waals surface area contributed by atoms with E-state index >= 15 is 0 Å². The molecule has 0 aromatic rings. The van der Waals surface area contributed by atoms with Crippen LogP contribution in [-0.4, -0.2) is 31.2 Å². The molecule has 0 heterocycles. The van der Waals surface area contributed by atoms with Gasteiger partial charge in [-0.15, -0.1) is 0 Å². The van der Waals surface area contributed by atoms with E-state index in [2.05, 4.69) is 22.6 Å². The molecule has 62 valence electrons. The zero-order chi connectivity index (χ0) is 7.82. The lowest BCUT2D eigenvalue weighted by atomic mass is 10.8. The van der Waals surface area contributed by atoms with E-state index in [1.807, 2.05) is 6.92 Å². The molecule has 0 saturated carbocycles. The van der Waals surface area contributed by atoms with Crippen LogP contribution in [0.2, 0.25) is 0 Å². The van der Waals surface area contributed by atoms with Gasteiger partial charge >= 0.3 is 0 Å². The quantitative estimate of drug-likeness (QED) is 0.313. The van der Waals surface area contributed by atoms with E-state index in [1.54, 1.807) is 7.11 Å². The predicted octanol–water partition coefficient (Wildman–Crippen LogP) is 1.40. The van der Waals surface area contributed by atoms with Crippen LogP contribution in [0.3, 0.4) is 0 Å². The van der Waals surface area contributed by atoms with Gasteiger partial charge in [0.15, 0.2) is 0 Å². The second kappa shape index (κ2) is 7.71. The largest absolute Gasteiger partial charge is 0.381 e. The molecule has 1 atom stereocenters. The van der Waals surface area contributed by atoms with Crippen LogP contribution in [0.15, 0.2) is 0 Å². The number of hydrogen-bond acceptors (Lipinski definition) is 3. The first kappa shape index (κ1) is 10.6. The predicted molar refractivity (Wildman–Crippen MR) is 47.3 cm³/mol. The summed E-state index contributed by atoms with van der Waals surface area (Å²) in [7, 11) is 1.65. The molecular formula is C6H13IO3. The van der Waals surface area contributed by atoms with E-state index in [0.717, 1.165) is 0 Å². The summed E-state index contributed by atoms with van der Waals surface area (Å²) in [6, 6.07) is 0. The normalized spacial score (nSPS) is 13.5. The van der Waals surface area contributed by atoms with Gasteiger partial charge in [0, 0.05) is 13.7 Å². The molecule has 0 aliphatic rings. The molecule has 4 heteroatoms. The molecule has 0 fully saturated rings. The second-order valence-electron chi connectivity index (χ2n) is 1.64. The zero-order valence-corrected chi connectivity index (χ0v) is 8.46. The third kappa shape index (κ3) is 6.73. The van der Waals surface area contributed by atoms with E-state index < -0.39 is 0 Å². The minimum Gasteiger partial charge on any atom is -0.381 e. The van der Waals surface area contributed by atoms with Gasteiger partial charge in [0.05, 0.1) is 6.61 Å². The first-order chi connectivity index (χ1) is 4.81. The van der Waals surface area contributed by atoms with Gasteiger partial charge in [0.25, 0.3) is 0 Å². The van der Waals surface area contributed by atoms with Crippen molar-refractivity contribution < 1.29 is 14.2 Å². The summed E-state index contributed by atoms with van der Waals surface area (Å²) >= 11 is 2.15. The van der Waals surface area contributed by atoms with E-state index in [0.29, 0.717) is 20.0 Å². The van der Waals surface area contributed by atoms with E-state index in [4.69, 9.17) is 14.2 Å². The highest BCUT2D eigenvalue weighted by Gasteiger charge is 2.00. The van der Waals surface area contributed by atoms with Crippen LogP contribution in [-0.2, 0) is 14.2 Å². The lowest BCUT2D eigenvalue weighted by Crippen LogP contribution is -2.13. The first-order valence-electron chi connectivity index (χ1n) is 3.13. The Labute approximate surface area is 75.2 Å². The maximum Gasteiger partial charge on any atom is 0.148 e. The van der Waals surface area contributed by atoms with Gasteiger partial charge < -0.3 is 14.2 Å². The van der Waals surface area contributed by atoms with E-state index in [1.165, 1.54) is 0 Å². The van der Waals surface area contributed by atoms with Gasteiger partial charge in [-0.3, -0.25) is 0 Å². The van der Waals surface area contributed by atoms with Crippen molar-refractivity contribution in [3.63, 3.8) is 0 Å². The molecule has 0 radical (unpaired) electrons. The summed E-state index contributed by atoms with van der Waals surface area (Å²) in [5.41, 5.74) is 0. The van der Waals surface area contributed by atoms with E-state index in [9.17, 15) is 0 Å². The molecule has 0 aliphatic heterocycles. The molecule has 0 aromatic carbocycles. The fourth-order valence-electron chi connectivity index (χ4n) is 0.384. The number of rotatable bonds is 6. The van der Waals surface area contributed by atoms with Crippen LogP contribution in [0, 0.1) is 0 Å². The highest BCUT2D eigenvalue weighted by atomic mass is 127. The molecule has 0 aliphatic carbocycles. The SMILES string of the molecule is CCOCOC(I)COC. The molecule has 0 amide bonds.